The fourth-order valence-corrected chi connectivity index (χ4v) is 2.24. The minimum atomic E-state index is -1.06. The number of nitrogens with one attached hydrogen (secondary N) is 1. The van der Waals surface area contributed by atoms with E-state index in [4.69, 9.17) is 4.74 Å². The molecule has 1 atom stereocenters. The van der Waals surface area contributed by atoms with Gasteiger partial charge in [0.1, 0.15) is 5.54 Å². The summed E-state index contributed by atoms with van der Waals surface area (Å²) in [6.45, 7) is 1.65. The second-order valence-electron chi connectivity index (χ2n) is 5.02. The monoisotopic (exact) mass is 286 g/mol. The highest BCUT2D eigenvalue weighted by Gasteiger charge is 2.34. The zero-order chi connectivity index (χ0) is 15.3. The van der Waals surface area contributed by atoms with Gasteiger partial charge in [0, 0.05) is 24.5 Å². The Balaban J connectivity index is 2.18. The van der Waals surface area contributed by atoms with Crippen LogP contribution in [0.15, 0.2) is 48.8 Å². The Bertz CT molecular complexity index is 605. The average molecular weight is 286 g/mol. The summed E-state index contributed by atoms with van der Waals surface area (Å²) in [6, 6.07) is 11.7. The SMILES string of the molecule is COC(=O)[C@](C)(Cc1ccc(-n2cccc2)cc1)NC=O. The van der Waals surface area contributed by atoms with Crippen LogP contribution in [0.5, 0.6) is 0 Å². The Morgan fingerprint density at radius 1 is 1.29 bits per heavy atom. The molecular weight excluding hydrogens is 268 g/mol. The molecule has 1 aromatic heterocycles. The van der Waals surface area contributed by atoms with E-state index in [9.17, 15) is 9.59 Å². The van der Waals surface area contributed by atoms with E-state index >= 15 is 0 Å². The van der Waals surface area contributed by atoms with Gasteiger partial charge in [0.15, 0.2) is 0 Å². The van der Waals surface area contributed by atoms with Crippen molar-refractivity contribution in [2.45, 2.75) is 18.9 Å². The highest BCUT2D eigenvalue weighted by atomic mass is 16.5. The Hall–Kier alpha value is -2.56. The van der Waals surface area contributed by atoms with Crippen molar-refractivity contribution < 1.29 is 14.3 Å². The lowest BCUT2D eigenvalue weighted by molar-refractivity contribution is -0.148. The van der Waals surface area contributed by atoms with Crippen LogP contribution in [0.25, 0.3) is 5.69 Å². The number of nitrogens with zero attached hydrogens (tertiary/aromatic N) is 1. The largest absolute Gasteiger partial charge is 0.467 e. The Kier molecular flexibility index (Phi) is 4.42. The number of ether oxygens (including phenoxy) is 1. The van der Waals surface area contributed by atoms with Crippen molar-refractivity contribution in [3.05, 3.63) is 54.4 Å². The van der Waals surface area contributed by atoms with E-state index in [-0.39, 0.29) is 0 Å². The Morgan fingerprint density at radius 3 is 2.43 bits per heavy atom. The topological polar surface area (TPSA) is 60.3 Å². The van der Waals surface area contributed by atoms with Gasteiger partial charge in [-0.25, -0.2) is 4.79 Å². The van der Waals surface area contributed by atoms with Gasteiger partial charge in [-0.05, 0) is 36.8 Å². The standard InChI is InChI=1S/C16H18N2O3/c1-16(17-12-19,15(20)21-2)11-13-5-7-14(8-6-13)18-9-3-4-10-18/h3-10,12H,11H2,1-2H3,(H,17,19)/t16-/m0/s1. The second kappa shape index (κ2) is 6.26. The molecule has 2 rings (SSSR count). The number of carbonyl (C=O) groups excluding carboxylic acids is 2. The summed E-state index contributed by atoms with van der Waals surface area (Å²) in [5, 5.41) is 2.54. The third-order valence-electron chi connectivity index (χ3n) is 3.41. The first kappa shape index (κ1) is 14.8. The summed E-state index contributed by atoms with van der Waals surface area (Å²) in [7, 11) is 1.31. The van der Waals surface area contributed by atoms with Crippen LogP contribution in [-0.4, -0.2) is 29.6 Å². The second-order valence-corrected chi connectivity index (χ2v) is 5.02. The molecule has 1 amide bonds. The summed E-state index contributed by atoms with van der Waals surface area (Å²) < 4.78 is 6.75. The van der Waals surface area contributed by atoms with Crippen LogP contribution >= 0.6 is 0 Å². The van der Waals surface area contributed by atoms with Crippen LogP contribution in [0.4, 0.5) is 0 Å². The predicted octanol–water partition coefficient (Wildman–Crippen LogP) is 1.70. The number of rotatable bonds is 6. The first-order valence-electron chi connectivity index (χ1n) is 6.61. The van der Waals surface area contributed by atoms with Gasteiger partial charge in [-0.1, -0.05) is 12.1 Å². The molecule has 0 radical (unpaired) electrons. The zero-order valence-electron chi connectivity index (χ0n) is 12.1. The molecule has 5 nitrogen and oxygen atoms in total. The molecule has 1 heterocycles. The van der Waals surface area contributed by atoms with Gasteiger partial charge >= 0.3 is 5.97 Å². The number of aromatic nitrogens is 1. The molecule has 0 aliphatic rings. The molecule has 0 unspecified atom stereocenters. The third kappa shape index (κ3) is 3.31. The number of esters is 1. The minimum Gasteiger partial charge on any atom is -0.467 e. The molecule has 1 N–H and O–H groups in total. The quantitative estimate of drug-likeness (QED) is 0.649. The van der Waals surface area contributed by atoms with Crippen LogP contribution in [0.3, 0.4) is 0 Å². The van der Waals surface area contributed by atoms with E-state index in [2.05, 4.69) is 5.32 Å². The van der Waals surface area contributed by atoms with Crippen molar-refractivity contribution in [1.29, 1.82) is 0 Å². The van der Waals surface area contributed by atoms with Crippen LogP contribution in [-0.2, 0) is 20.7 Å². The normalized spacial score (nSPS) is 13.2. The summed E-state index contributed by atoms with van der Waals surface area (Å²) in [5.74, 6) is -0.468. The molecule has 110 valence electrons. The summed E-state index contributed by atoms with van der Waals surface area (Å²) >= 11 is 0. The predicted molar refractivity (Wildman–Crippen MR) is 79.1 cm³/mol. The highest BCUT2D eigenvalue weighted by molar-refractivity contribution is 5.83. The smallest absolute Gasteiger partial charge is 0.331 e. The minimum absolute atomic E-state index is 0.365. The lowest BCUT2D eigenvalue weighted by atomic mass is 9.93. The fourth-order valence-electron chi connectivity index (χ4n) is 2.24. The first-order valence-corrected chi connectivity index (χ1v) is 6.61. The Morgan fingerprint density at radius 2 is 1.90 bits per heavy atom. The van der Waals surface area contributed by atoms with Crippen molar-refractivity contribution in [1.82, 2.24) is 9.88 Å². The molecule has 0 fully saturated rings. The molecule has 0 aliphatic heterocycles. The van der Waals surface area contributed by atoms with E-state index in [0.29, 0.717) is 12.8 Å². The molecule has 1 aromatic carbocycles. The Labute approximate surface area is 123 Å². The molecule has 0 saturated heterocycles. The highest BCUT2D eigenvalue weighted by Crippen LogP contribution is 2.17. The van der Waals surface area contributed by atoms with Crippen LogP contribution < -0.4 is 5.32 Å². The molecule has 21 heavy (non-hydrogen) atoms. The van der Waals surface area contributed by atoms with Crippen molar-refractivity contribution in [3.8, 4) is 5.69 Å². The molecule has 5 heteroatoms. The van der Waals surface area contributed by atoms with Crippen molar-refractivity contribution in [2.75, 3.05) is 7.11 Å². The third-order valence-corrected chi connectivity index (χ3v) is 3.41. The number of amides is 1. The van der Waals surface area contributed by atoms with E-state index in [1.54, 1.807) is 6.92 Å². The van der Waals surface area contributed by atoms with Gasteiger partial charge in [0.05, 0.1) is 7.11 Å². The number of methoxy groups -OCH3 is 1. The van der Waals surface area contributed by atoms with Crippen LogP contribution in [0.1, 0.15) is 12.5 Å². The van der Waals surface area contributed by atoms with Gasteiger partial charge in [0.2, 0.25) is 6.41 Å². The van der Waals surface area contributed by atoms with E-state index in [1.165, 1.54) is 7.11 Å². The molecule has 0 spiro atoms. The fraction of sp³-hybridized carbons (Fsp3) is 0.250. The van der Waals surface area contributed by atoms with Gasteiger partial charge < -0.3 is 14.6 Å². The average Bonchev–Trinajstić information content (AvgIpc) is 3.01. The maximum Gasteiger partial charge on any atom is 0.331 e. The van der Waals surface area contributed by atoms with Crippen molar-refractivity contribution in [2.24, 2.45) is 0 Å². The lowest BCUT2D eigenvalue weighted by Crippen LogP contribution is -2.51. The first-order chi connectivity index (χ1) is 10.1. The number of hydrogen-bond acceptors (Lipinski definition) is 3. The van der Waals surface area contributed by atoms with Crippen LogP contribution in [0, 0.1) is 0 Å². The van der Waals surface area contributed by atoms with Crippen molar-refractivity contribution >= 4 is 12.4 Å². The van der Waals surface area contributed by atoms with E-state index < -0.39 is 11.5 Å². The van der Waals surface area contributed by atoms with Gasteiger partial charge in [-0.2, -0.15) is 0 Å². The number of carbonyl (C=O) groups is 2. The molecule has 0 saturated carbocycles. The van der Waals surface area contributed by atoms with Gasteiger partial charge in [-0.15, -0.1) is 0 Å². The van der Waals surface area contributed by atoms with Gasteiger partial charge in [-0.3, -0.25) is 4.79 Å². The summed E-state index contributed by atoms with van der Waals surface area (Å²) in [5.41, 5.74) is 0.908. The van der Waals surface area contributed by atoms with Gasteiger partial charge in [0.25, 0.3) is 0 Å². The molecular formula is C16H18N2O3. The zero-order valence-corrected chi connectivity index (χ0v) is 12.1. The van der Waals surface area contributed by atoms with Crippen molar-refractivity contribution in [3.63, 3.8) is 0 Å². The molecule has 0 aliphatic carbocycles. The summed E-state index contributed by atoms with van der Waals surface area (Å²) in [4.78, 5) is 22.6. The van der Waals surface area contributed by atoms with Crippen LogP contribution in [0.2, 0.25) is 0 Å². The molecule has 0 bridgehead atoms. The lowest BCUT2D eigenvalue weighted by Gasteiger charge is -2.26. The number of benzene rings is 1. The van der Waals surface area contributed by atoms with E-state index in [1.807, 2.05) is 53.4 Å². The van der Waals surface area contributed by atoms with E-state index in [0.717, 1.165) is 11.3 Å². The molecule has 2 aromatic rings. The summed E-state index contributed by atoms with van der Waals surface area (Å²) in [6.07, 6.45) is 4.80. The number of hydrogen-bond donors (Lipinski definition) is 1. The maximum atomic E-state index is 11.8. The maximum absolute atomic E-state index is 11.8.